The zero-order valence-corrected chi connectivity index (χ0v) is 12.6. The van der Waals surface area contributed by atoms with Gasteiger partial charge in [0.1, 0.15) is 0 Å². The van der Waals surface area contributed by atoms with Crippen LogP contribution in [0, 0.1) is 0 Å². The zero-order chi connectivity index (χ0) is 14.3. The molecule has 106 valence electrons. The first-order chi connectivity index (χ1) is 9.08. The molecular formula is C16H26N2O. The first-order valence-corrected chi connectivity index (χ1v) is 7.14. The molecule has 0 heterocycles. The molecule has 0 aliphatic rings. The molecular weight excluding hydrogens is 236 g/mol. The van der Waals surface area contributed by atoms with E-state index in [2.05, 4.69) is 31.3 Å². The van der Waals surface area contributed by atoms with Gasteiger partial charge in [0.2, 0.25) is 5.91 Å². The lowest BCUT2D eigenvalue weighted by atomic mass is 10.1. The SMILES string of the molecule is CCCC(CC)Nc1ccccc1CN(C)C(C)=O. The third kappa shape index (κ3) is 4.93. The van der Waals surface area contributed by atoms with Crippen LogP contribution in [0.15, 0.2) is 24.3 Å². The Hall–Kier alpha value is -1.51. The molecule has 1 rings (SSSR count). The van der Waals surface area contributed by atoms with Crippen molar-refractivity contribution in [3.63, 3.8) is 0 Å². The van der Waals surface area contributed by atoms with Gasteiger partial charge in [-0.2, -0.15) is 0 Å². The van der Waals surface area contributed by atoms with Crippen LogP contribution >= 0.6 is 0 Å². The van der Waals surface area contributed by atoms with Gasteiger partial charge in [-0.15, -0.1) is 0 Å². The molecule has 0 aliphatic carbocycles. The van der Waals surface area contributed by atoms with Crippen LogP contribution in [-0.4, -0.2) is 23.9 Å². The normalized spacial score (nSPS) is 12.0. The Bertz CT molecular complexity index is 403. The van der Waals surface area contributed by atoms with E-state index in [1.165, 1.54) is 18.4 Å². The standard InChI is InChI=1S/C16H26N2O/c1-5-9-15(6-2)17-16-11-8-7-10-14(16)12-18(4)13(3)19/h7-8,10-11,15,17H,5-6,9,12H2,1-4H3. The van der Waals surface area contributed by atoms with Crippen LogP contribution in [0.2, 0.25) is 0 Å². The van der Waals surface area contributed by atoms with Crippen LogP contribution in [0.1, 0.15) is 45.6 Å². The first kappa shape index (κ1) is 15.5. The van der Waals surface area contributed by atoms with Gasteiger partial charge in [-0.1, -0.05) is 38.5 Å². The predicted octanol–water partition coefficient (Wildman–Crippen LogP) is 3.66. The maximum atomic E-state index is 11.3. The van der Waals surface area contributed by atoms with Crippen LogP contribution in [0.4, 0.5) is 5.69 Å². The smallest absolute Gasteiger partial charge is 0.219 e. The molecule has 0 saturated heterocycles. The van der Waals surface area contributed by atoms with Crippen molar-refractivity contribution in [3.05, 3.63) is 29.8 Å². The van der Waals surface area contributed by atoms with E-state index in [1.807, 2.05) is 19.2 Å². The summed E-state index contributed by atoms with van der Waals surface area (Å²) in [6.45, 7) is 6.67. The fourth-order valence-electron chi connectivity index (χ4n) is 2.11. The molecule has 0 spiro atoms. The number of rotatable bonds is 7. The van der Waals surface area contributed by atoms with Crippen molar-refractivity contribution in [1.82, 2.24) is 4.90 Å². The number of nitrogens with one attached hydrogen (secondary N) is 1. The summed E-state index contributed by atoms with van der Waals surface area (Å²) in [5, 5.41) is 3.60. The molecule has 0 saturated carbocycles. The van der Waals surface area contributed by atoms with Crippen LogP contribution < -0.4 is 5.32 Å². The largest absolute Gasteiger partial charge is 0.382 e. The van der Waals surface area contributed by atoms with E-state index in [1.54, 1.807) is 11.8 Å². The lowest BCUT2D eigenvalue weighted by molar-refractivity contribution is -0.128. The third-order valence-corrected chi connectivity index (χ3v) is 3.45. The molecule has 1 amide bonds. The second kappa shape index (κ2) is 7.82. The number of nitrogens with zero attached hydrogens (tertiary/aromatic N) is 1. The Balaban J connectivity index is 2.80. The van der Waals surface area contributed by atoms with Gasteiger partial charge >= 0.3 is 0 Å². The Morgan fingerprint density at radius 3 is 2.58 bits per heavy atom. The maximum absolute atomic E-state index is 11.3. The molecule has 3 nitrogen and oxygen atoms in total. The maximum Gasteiger partial charge on any atom is 0.219 e. The molecule has 1 atom stereocenters. The quantitative estimate of drug-likeness (QED) is 0.813. The molecule has 0 bridgehead atoms. The summed E-state index contributed by atoms with van der Waals surface area (Å²) in [7, 11) is 1.84. The van der Waals surface area contributed by atoms with E-state index in [0.717, 1.165) is 12.1 Å². The van der Waals surface area contributed by atoms with Crippen molar-refractivity contribution in [1.29, 1.82) is 0 Å². The molecule has 0 radical (unpaired) electrons. The van der Waals surface area contributed by atoms with Gasteiger partial charge in [0, 0.05) is 32.2 Å². The van der Waals surface area contributed by atoms with Crippen molar-refractivity contribution in [3.8, 4) is 0 Å². The van der Waals surface area contributed by atoms with Crippen molar-refractivity contribution in [2.45, 2.75) is 52.6 Å². The highest BCUT2D eigenvalue weighted by Gasteiger charge is 2.10. The van der Waals surface area contributed by atoms with Gasteiger partial charge in [0.05, 0.1) is 0 Å². The van der Waals surface area contributed by atoms with Crippen LogP contribution in [0.5, 0.6) is 0 Å². The van der Waals surface area contributed by atoms with Gasteiger partial charge < -0.3 is 10.2 Å². The van der Waals surface area contributed by atoms with Gasteiger partial charge in [-0.05, 0) is 24.5 Å². The number of para-hydroxylation sites is 1. The molecule has 0 fully saturated rings. The Kier molecular flexibility index (Phi) is 6.40. The highest BCUT2D eigenvalue weighted by molar-refractivity contribution is 5.73. The van der Waals surface area contributed by atoms with Crippen LogP contribution in [-0.2, 0) is 11.3 Å². The van der Waals surface area contributed by atoms with E-state index in [-0.39, 0.29) is 5.91 Å². The number of amides is 1. The van der Waals surface area contributed by atoms with Crippen molar-refractivity contribution >= 4 is 11.6 Å². The number of hydrogen-bond donors (Lipinski definition) is 1. The fraction of sp³-hybridized carbons (Fsp3) is 0.562. The van der Waals surface area contributed by atoms with Gasteiger partial charge in [0.15, 0.2) is 0 Å². The number of hydrogen-bond acceptors (Lipinski definition) is 2. The number of carbonyl (C=O) groups excluding carboxylic acids is 1. The second-order valence-corrected chi connectivity index (χ2v) is 5.07. The van der Waals surface area contributed by atoms with Crippen LogP contribution in [0.25, 0.3) is 0 Å². The molecule has 3 heteroatoms. The summed E-state index contributed by atoms with van der Waals surface area (Å²) in [4.78, 5) is 13.1. The Morgan fingerprint density at radius 2 is 2.00 bits per heavy atom. The summed E-state index contributed by atoms with van der Waals surface area (Å²) in [5.41, 5.74) is 2.32. The zero-order valence-electron chi connectivity index (χ0n) is 12.6. The summed E-state index contributed by atoms with van der Waals surface area (Å²) in [6.07, 6.45) is 3.47. The highest BCUT2D eigenvalue weighted by Crippen LogP contribution is 2.19. The molecule has 0 aromatic heterocycles. The Labute approximate surface area is 117 Å². The van der Waals surface area contributed by atoms with Crippen molar-refractivity contribution < 1.29 is 4.79 Å². The van der Waals surface area contributed by atoms with Crippen LogP contribution in [0.3, 0.4) is 0 Å². The van der Waals surface area contributed by atoms with E-state index in [0.29, 0.717) is 12.6 Å². The van der Waals surface area contributed by atoms with E-state index >= 15 is 0 Å². The third-order valence-electron chi connectivity index (χ3n) is 3.45. The first-order valence-electron chi connectivity index (χ1n) is 7.14. The Morgan fingerprint density at radius 1 is 1.32 bits per heavy atom. The molecule has 1 unspecified atom stereocenters. The minimum absolute atomic E-state index is 0.0930. The summed E-state index contributed by atoms with van der Waals surface area (Å²) in [6, 6.07) is 8.75. The summed E-state index contributed by atoms with van der Waals surface area (Å²) in [5.74, 6) is 0.0930. The number of benzene rings is 1. The average molecular weight is 262 g/mol. The molecule has 0 aliphatic heterocycles. The summed E-state index contributed by atoms with van der Waals surface area (Å²) < 4.78 is 0. The van der Waals surface area contributed by atoms with E-state index < -0.39 is 0 Å². The number of anilines is 1. The minimum atomic E-state index is 0.0930. The fourth-order valence-corrected chi connectivity index (χ4v) is 2.11. The number of carbonyl (C=O) groups is 1. The van der Waals surface area contributed by atoms with Gasteiger partial charge in [-0.3, -0.25) is 4.79 Å². The van der Waals surface area contributed by atoms with Crippen molar-refractivity contribution in [2.75, 3.05) is 12.4 Å². The minimum Gasteiger partial charge on any atom is -0.382 e. The molecule has 19 heavy (non-hydrogen) atoms. The second-order valence-electron chi connectivity index (χ2n) is 5.07. The molecule has 1 aromatic carbocycles. The van der Waals surface area contributed by atoms with Crippen molar-refractivity contribution in [2.24, 2.45) is 0 Å². The van der Waals surface area contributed by atoms with Gasteiger partial charge in [0.25, 0.3) is 0 Å². The van der Waals surface area contributed by atoms with E-state index in [9.17, 15) is 4.79 Å². The molecule has 1 aromatic rings. The monoisotopic (exact) mass is 262 g/mol. The summed E-state index contributed by atoms with van der Waals surface area (Å²) >= 11 is 0. The molecule has 1 N–H and O–H groups in total. The van der Waals surface area contributed by atoms with Gasteiger partial charge in [-0.25, -0.2) is 0 Å². The topological polar surface area (TPSA) is 32.3 Å². The predicted molar refractivity (Wildman–Crippen MR) is 81.2 cm³/mol. The highest BCUT2D eigenvalue weighted by atomic mass is 16.2. The van der Waals surface area contributed by atoms with E-state index in [4.69, 9.17) is 0 Å². The lowest BCUT2D eigenvalue weighted by Gasteiger charge is -2.22. The lowest BCUT2D eigenvalue weighted by Crippen LogP contribution is -2.25. The average Bonchev–Trinajstić information content (AvgIpc) is 2.40.